The minimum atomic E-state index is 0.736. The molecule has 1 aliphatic rings. The molecule has 0 amide bonds. The summed E-state index contributed by atoms with van der Waals surface area (Å²) in [4.78, 5) is 14.4. The monoisotopic (exact) mass is 417 g/mol. The van der Waals surface area contributed by atoms with E-state index in [4.69, 9.17) is 9.98 Å². The molecule has 154 valence electrons. The van der Waals surface area contributed by atoms with Crippen molar-refractivity contribution < 1.29 is 0 Å². The van der Waals surface area contributed by atoms with Crippen molar-refractivity contribution in [1.82, 2.24) is 14.5 Å². The Morgan fingerprint density at radius 2 is 2.07 bits per heavy atom. The molecule has 30 heavy (non-hydrogen) atoms. The van der Waals surface area contributed by atoms with Gasteiger partial charge >= 0.3 is 0 Å². The number of likely N-dealkylation sites (N-methyl/N-ethyl adjacent to an activating group) is 1. The molecule has 5 nitrogen and oxygen atoms in total. The first-order valence-electron chi connectivity index (χ1n) is 10.1. The highest BCUT2D eigenvalue weighted by Crippen LogP contribution is 2.23. The second kappa shape index (κ2) is 8.84. The van der Waals surface area contributed by atoms with Crippen LogP contribution in [-0.2, 0) is 6.42 Å². The van der Waals surface area contributed by atoms with Crippen LogP contribution in [0.15, 0.2) is 58.9 Å². The van der Waals surface area contributed by atoms with Crippen LogP contribution < -0.4 is 10.4 Å². The summed E-state index contributed by atoms with van der Waals surface area (Å²) in [6.45, 7) is 11.8. The third kappa shape index (κ3) is 3.90. The van der Waals surface area contributed by atoms with E-state index >= 15 is 0 Å². The third-order valence-electron chi connectivity index (χ3n) is 5.55. The first-order valence-corrected chi connectivity index (χ1v) is 11.0. The maximum atomic E-state index is 5.04. The number of aromatic nitrogens is 2. The summed E-state index contributed by atoms with van der Waals surface area (Å²) in [5.41, 5.74) is 9.22. The van der Waals surface area contributed by atoms with Crippen molar-refractivity contribution in [3.05, 3.63) is 70.5 Å². The average molecular weight is 418 g/mol. The molecule has 0 atom stereocenters. The zero-order valence-corrected chi connectivity index (χ0v) is 18.5. The van der Waals surface area contributed by atoms with Gasteiger partial charge in [0.2, 0.25) is 0 Å². The Labute approximate surface area is 181 Å². The Balaban J connectivity index is 1.96. The van der Waals surface area contributed by atoms with Gasteiger partial charge in [-0.2, -0.15) is 11.3 Å². The molecule has 0 unspecified atom stereocenters. The van der Waals surface area contributed by atoms with Gasteiger partial charge in [-0.3, -0.25) is 9.56 Å². The minimum absolute atomic E-state index is 0.736. The van der Waals surface area contributed by atoms with E-state index in [9.17, 15) is 0 Å². The topological polar surface area (TPSA) is 36.7 Å². The Morgan fingerprint density at radius 3 is 2.70 bits per heavy atom. The van der Waals surface area contributed by atoms with Gasteiger partial charge in [-0.25, -0.2) is 4.98 Å². The molecule has 0 saturated carbocycles. The van der Waals surface area contributed by atoms with Gasteiger partial charge in [0.1, 0.15) is 0 Å². The highest BCUT2D eigenvalue weighted by atomic mass is 32.1. The van der Waals surface area contributed by atoms with Crippen molar-refractivity contribution >= 4 is 40.0 Å². The van der Waals surface area contributed by atoms with Gasteiger partial charge in [0, 0.05) is 39.6 Å². The van der Waals surface area contributed by atoms with Gasteiger partial charge in [-0.1, -0.05) is 25.3 Å². The summed E-state index contributed by atoms with van der Waals surface area (Å²) in [5.74, 6) is 0.919. The smallest absolute Gasteiger partial charge is 0.176 e. The Hall–Kier alpha value is -2.92. The largest absolute Gasteiger partial charge is 0.351 e. The lowest BCUT2D eigenvalue weighted by molar-refractivity contribution is 0.311. The molecule has 3 aromatic rings. The van der Waals surface area contributed by atoms with Crippen LogP contribution in [0.1, 0.15) is 11.1 Å². The van der Waals surface area contributed by atoms with Gasteiger partial charge in [-0.05, 0) is 47.1 Å². The number of nitrogens with zero attached hydrogens (tertiary/aromatic N) is 5. The van der Waals surface area contributed by atoms with Crippen LogP contribution in [0.25, 0.3) is 22.8 Å². The molecule has 0 spiro atoms. The first-order chi connectivity index (χ1) is 14.6. The Morgan fingerprint density at radius 1 is 1.27 bits per heavy atom. The van der Waals surface area contributed by atoms with Crippen molar-refractivity contribution in [3.8, 4) is 0 Å². The summed E-state index contributed by atoms with van der Waals surface area (Å²) in [6.07, 6.45) is 2.59. The number of piperazine rings is 1. The predicted molar refractivity (Wildman–Crippen MR) is 128 cm³/mol. The van der Waals surface area contributed by atoms with Gasteiger partial charge in [-0.15, -0.1) is 5.73 Å². The summed E-state index contributed by atoms with van der Waals surface area (Å²) >= 11 is 1.70. The van der Waals surface area contributed by atoms with Crippen molar-refractivity contribution in [2.45, 2.75) is 6.42 Å². The number of anilines is 1. The van der Waals surface area contributed by atoms with Crippen molar-refractivity contribution in [1.29, 1.82) is 0 Å². The minimum Gasteiger partial charge on any atom is -0.351 e. The van der Waals surface area contributed by atoms with E-state index in [0.29, 0.717) is 0 Å². The quantitative estimate of drug-likeness (QED) is 0.591. The standard InChI is InChI=1S/C24H27N5S/c1-5-18-7-8-21-22(16-18)29(20(6-2)15-19-9-14-30-17-19)23(25-3)24(26-21)28-12-10-27(4)11-13-28/h5,7-9,14,16-17H,1-2,10-13,15H2,3-4H3. The second-order valence-electron chi connectivity index (χ2n) is 7.49. The number of thiophene rings is 1. The summed E-state index contributed by atoms with van der Waals surface area (Å²) in [6, 6.07) is 8.38. The van der Waals surface area contributed by atoms with E-state index < -0.39 is 0 Å². The normalized spacial score (nSPS) is 15.4. The van der Waals surface area contributed by atoms with Crippen molar-refractivity contribution in [2.75, 3.05) is 45.2 Å². The number of fused-ring (bicyclic) bond motifs is 1. The zero-order valence-electron chi connectivity index (χ0n) is 17.6. The molecule has 0 radical (unpaired) electrons. The molecule has 0 bridgehead atoms. The molecule has 1 fully saturated rings. The Bertz CT molecular complexity index is 1170. The third-order valence-corrected chi connectivity index (χ3v) is 6.29. The van der Waals surface area contributed by atoms with Gasteiger partial charge in [0.15, 0.2) is 11.3 Å². The highest BCUT2D eigenvalue weighted by molar-refractivity contribution is 7.07. The number of hydrogen-bond donors (Lipinski definition) is 0. The van der Waals surface area contributed by atoms with Crippen LogP contribution in [0.5, 0.6) is 0 Å². The molecule has 1 saturated heterocycles. The van der Waals surface area contributed by atoms with E-state index in [0.717, 1.165) is 66.2 Å². The Kier molecular flexibility index (Phi) is 6.00. The molecule has 6 heteroatoms. The van der Waals surface area contributed by atoms with Crippen LogP contribution >= 0.6 is 11.3 Å². The lowest BCUT2D eigenvalue weighted by Gasteiger charge is -2.33. The number of allylic oxidation sites excluding steroid dienone is 1. The van der Waals surface area contributed by atoms with Crippen LogP contribution in [0.2, 0.25) is 0 Å². The molecule has 2 aromatic heterocycles. The van der Waals surface area contributed by atoms with Gasteiger partial charge < -0.3 is 9.80 Å². The van der Waals surface area contributed by atoms with E-state index in [2.05, 4.69) is 75.3 Å². The van der Waals surface area contributed by atoms with E-state index in [1.807, 2.05) is 13.1 Å². The number of benzene rings is 1. The molecule has 4 rings (SSSR count). The molecule has 3 heterocycles. The second-order valence-corrected chi connectivity index (χ2v) is 8.27. The van der Waals surface area contributed by atoms with Crippen molar-refractivity contribution in [2.24, 2.45) is 4.99 Å². The van der Waals surface area contributed by atoms with Gasteiger partial charge in [0.25, 0.3) is 0 Å². The first kappa shape index (κ1) is 20.4. The highest BCUT2D eigenvalue weighted by Gasteiger charge is 2.21. The fourth-order valence-corrected chi connectivity index (χ4v) is 4.50. The predicted octanol–water partition coefficient (Wildman–Crippen LogP) is 3.89. The van der Waals surface area contributed by atoms with Crippen LogP contribution in [-0.4, -0.2) is 54.7 Å². The molecule has 0 aliphatic carbocycles. The lowest BCUT2D eigenvalue weighted by Crippen LogP contribution is -2.47. The fourth-order valence-electron chi connectivity index (χ4n) is 3.83. The molecule has 1 aromatic carbocycles. The molecular weight excluding hydrogens is 390 g/mol. The van der Waals surface area contributed by atoms with Crippen LogP contribution in [0, 0.1) is 0 Å². The maximum absolute atomic E-state index is 5.04. The number of rotatable bonds is 5. The summed E-state index contributed by atoms with van der Waals surface area (Å²) in [5, 5.41) is 4.27. The maximum Gasteiger partial charge on any atom is 0.176 e. The SMILES string of the molecule is C=C=C(Cc1ccsc1)n1c(=NC)c(N2CCN(C)CC2)nc2ccc(C=C)cc21. The lowest BCUT2D eigenvalue weighted by atomic mass is 10.1. The van der Waals surface area contributed by atoms with E-state index in [-0.39, 0.29) is 0 Å². The fraction of sp³-hybridized carbons (Fsp3) is 0.292. The number of hydrogen-bond acceptors (Lipinski definition) is 5. The summed E-state index contributed by atoms with van der Waals surface area (Å²) in [7, 11) is 3.99. The van der Waals surface area contributed by atoms with E-state index in [1.165, 1.54) is 5.56 Å². The molecule has 1 aliphatic heterocycles. The zero-order chi connectivity index (χ0) is 21.1. The summed E-state index contributed by atoms with van der Waals surface area (Å²) < 4.78 is 2.17. The van der Waals surface area contributed by atoms with E-state index in [1.54, 1.807) is 11.3 Å². The van der Waals surface area contributed by atoms with Crippen LogP contribution in [0.4, 0.5) is 5.82 Å². The van der Waals surface area contributed by atoms with Gasteiger partial charge in [0.05, 0.1) is 16.7 Å². The molecule has 0 N–H and O–H groups in total. The van der Waals surface area contributed by atoms with Crippen LogP contribution in [0.3, 0.4) is 0 Å². The molecular formula is C24H27N5S. The van der Waals surface area contributed by atoms with Crippen molar-refractivity contribution in [3.63, 3.8) is 0 Å². The average Bonchev–Trinajstić information content (AvgIpc) is 3.29.